The summed E-state index contributed by atoms with van der Waals surface area (Å²) in [5, 5.41) is 14.4. The highest BCUT2D eigenvalue weighted by Crippen LogP contribution is 2.19. The van der Waals surface area contributed by atoms with Crippen molar-refractivity contribution in [3.8, 4) is 0 Å². The summed E-state index contributed by atoms with van der Waals surface area (Å²) in [6, 6.07) is 8.91. The van der Waals surface area contributed by atoms with Crippen molar-refractivity contribution in [1.29, 1.82) is 0 Å². The van der Waals surface area contributed by atoms with Crippen molar-refractivity contribution in [2.75, 3.05) is 4.90 Å². The Hall–Kier alpha value is -2.70. The van der Waals surface area contributed by atoms with E-state index in [0.717, 1.165) is 11.3 Å². The second-order valence-electron chi connectivity index (χ2n) is 5.32. The van der Waals surface area contributed by atoms with Crippen LogP contribution in [0, 0.1) is 17.0 Å². The molecular weight excluding hydrogens is 284 g/mol. The summed E-state index contributed by atoms with van der Waals surface area (Å²) >= 11 is 0. The molecule has 7 heteroatoms. The minimum atomic E-state index is -0.582. The van der Waals surface area contributed by atoms with Crippen LogP contribution in [-0.4, -0.2) is 26.7 Å². The highest BCUT2D eigenvalue weighted by atomic mass is 16.6. The van der Waals surface area contributed by atoms with Crippen LogP contribution in [0.1, 0.15) is 19.4 Å². The lowest BCUT2D eigenvalue weighted by Crippen LogP contribution is -2.39. The number of nitrogens with zero attached hydrogens (tertiary/aromatic N) is 4. The molecule has 2 aromatic rings. The molecule has 0 unspecified atom stereocenters. The second kappa shape index (κ2) is 6.38. The topological polar surface area (TPSA) is 81.3 Å². The van der Waals surface area contributed by atoms with Crippen molar-refractivity contribution in [3.63, 3.8) is 0 Å². The first-order chi connectivity index (χ1) is 10.4. The van der Waals surface area contributed by atoms with Crippen LogP contribution in [0.15, 0.2) is 36.5 Å². The van der Waals surface area contributed by atoms with Crippen molar-refractivity contribution >= 4 is 17.4 Å². The quantitative estimate of drug-likeness (QED) is 0.628. The molecule has 1 amide bonds. The number of hydrogen-bond donors (Lipinski definition) is 0. The molecule has 0 saturated carbocycles. The number of carbonyl (C=O) groups is 1. The van der Waals surface area contributed by atoms with Crippen LogP contribution in [-0.2, 0) is 11.3 Å². The van der Waals surface area contributed by atoms with Crippen molar-refractivity contribution in [1.82, 2.24) is 9.78 Å². The lowest BCUT2D eigenvalue weighted by Gasteiger charge is -2.26. The zero-order valence-electron chi connectivity index (χ0n) is 12.8. The third-order valence-corrected chi connectivity index (χ3v) is 3.21. The van der Waals surface area contributed by atoms with E-state index in [1.165, 1.54) is 16.9 Å². The van der Waals surface area contributed by atoms with Crippen LogP contribution in [0.2, 0.25) is 0 Å². The molecule has 0 radical (unpaired) electrons. The molecule has 0 aliphatic heterocycles. The highest BCUT2D eigenvalue weighted by Gasteiger charge is 2.21. The van der Waals surface area contributed by atoms with Gasteiger partial charge in [-0.1, -0.05) is 17.7 Å². The fourth-order valence-corrected chi connectivity index (χ4v) is 2.19. The van der Waals surface area contributed by atoms with Crippen molar-refractivity contribution in [3.05, 3.63) is 52.2 Å². The predicted molar refractivity (Wildman–Crippen MR) is 82.7 cm³/mol. The maximum Gasteiger partial charge on any atom is 0.389 e. The molecule has 1 aromatic heterocycles. The molecule has 1 aromatic carbocycles. The first-order valence-electron chi connectivity index (χ1n) is 6.95. The van der Waals surface area contributed by atoms with Crippen LogP contribution in [0.4, 0.5) is 11.5 Å². The number of aryl methyl sites for hydroxylation is 1. The van der Waals surface area contributed by atoms with E-state index < -0.39 is 4.92 Å². The Morgan fingerprint density at radius 3 is 2.45 bits per heavy atom. The highest BCUT2D eigenvalue weighted by molar-refractivity contribution is 5.93. The van der Waals surface area contributed by atoms with Crippen LogP contribution >= 0.6 is 0 Å². The van der Waals surface area contributed by atoms with Crippen molar-refractivity contribution in [2.24, 2.45) is 0 Å². The summed E-state index contributed by atoms with van der Waals surface area (Å²) in [7, 11) is 0. The largest absolute Gasteiger partial charge is 0.389 e. The predicted octanol–water partition coefficient (Wildman–Crippen LogP) is 2.54. The number of anilines is 1. The molecule has 0 aliphatic carbocycles. The molecule has 1 heterocycles. The Balaban J connectivity index is 2.19. The van der Waals surface area contributed by atoms with Gasteiger partial charge in [0.15, 0.2) is 0 Å². The number of nitro groups is 1. The van der Waals surface area contributed by atoms with E-state index in [1.54, 1.807) is 4.90 Å². The van der Waals surface area contributed by atoms with Gasteiger partial charge in [-0.25, -0.2) is 0 Å². The van der Waals surface area contributed by atoms with Gasteiger partial charge in [0.2, 0.25) is 0 Å². The molecule has 116 valence electrons. The van der Waals surface area contributed by atoms with Gasteiger partial charge < -0.3 is 15.0 Å². The first kappa shape index (κ1) is 15.7. The summed E-state index contributed by atoms with van der Waals surface area (Å²) in [6.45, 7) is 5.78. The normalized spacial score (nSPS) is 10.7. The van der Waals surface area contributed by atoms with Crippen LogP contribution in [0.5, 0.6) is 0 Å². The van der Waals surface area contributed by atoms with Gasteiger partial charge in [0.25, 0.3) is 5.91 Å². The van der Waals surface area contributed by atoms with Gasteiger partial charge in [-0.05, 0) is 37.8 Å². The molecule has 0 spiro atoms. The number of hydrogen-bond acceptors (Lipinski definition) is 4. The first-order valence-corrected chi connectivity index (χ1v) is 6.95. The van der Waals surface area contributed by atoms with E-state index in [0.29, 0.717) is 0 Å². The average Bonchev–Trinajstić information content (AvgIpc) is 2.89. The van der Waals surface area contributed by atoms with Gasteiger partial charge in [-0.15, -0.1) is 0 Å². The smallest absolute Gasteiger partial charge is 0.358 e. The summed E-state index contributed by atoms with van der Waals surface area (Å²) in [6.07, 6.45) is 1.43. The molecule has 0 fully saturated rings. The molecule has 0 bridgehead atoms. The fraction of sp³-hybridized carbons (Fsp3) is 0.333. The van der Waals surface area contributed by atoms with Crippen LogP contribution in [0.25, 0.3) is 0 Å². The SMILES string of the molecule is Cc1ccc(N(C(=O)Cn2ccc([N+](=O)[O-])n2)C(C)C)cc1. The molecule has 22 heavy (non-hydrogen) atoms. The monoisotopic (exact) mass is 302 g/mol. The van der Waals surface area contributed by atoms with E-state index in [9.17, 15) is 14.9 Å². The third-order valence-electron chi connectivity index (χ3n) is 3.21. The lowest BCUT2D eigenvalue weighted by molar-refractivity contribution is -0.389. The summed E-state index contributed by atoms with van der Waals surface area (Å²) < 4.78 is 1.28. The maximum absolute atomic E-state index is 12.5. The molecule has 2 rings (SSSR count). The van der Waals surface area contributed by atoms with E-state index in [-0.39, 0.29) is 24.3 Å². The van der Waals surface area contributed by atoms with Gasteiger partial charge in [0.1, 0.15) is 6.54 Å². The van der Waals surface area contributed by atoms with E-state index >= 15 is 0 Å². The van der Waals surface area contributed by atoms with Crippen LogP contribution < -0.4 is 4.90 Å². The molecule has 0 atom stereocenters. The Labute approximate surface area is 128 Å². The second-order valence-corrected chi connectivity index (χ2v) is 5.32. The van der Waals surface area contributed by atoms with Crippen molar-refractivity contribution in [2.45, 2.75) is 33.4 Å². The molecule has 0 aliphatic rings. The fourth-order valence-electron chi connectivity index (χ4n) is 2.19. The summed E-state index contributed by atoms with van der Waals surface area (Å²) in [5.41, 5.74) is 1.91. The number of amides is 1. The minimum absolute atomic E-state index is 0.0271. The molecule has 0 saturated heterocycles. The zero-order valence-corrected chi connectivity index (χ0v) is 12.8. The maximum atomic E-state index is 12.5. The Bertz CT molecular complexity index is 676. The van der Waals surface area contributed by atoms with Gasteiger partial charge in [0.05, 0.1) is 17.4 Å². The Kier molecular flexibility index (Phi) is 4.55. The van der Waals surface area contributed by atoms with E-state index in [2.05, 4.69) is 5.10 Å². The Morgan fingerprint density at radius 2 is 1.95 bits per heavy atom. The number of carbonyl (C=O) groups excluding carboxylic acids is 1. The third kappa shape index (κ3) is 3.49. The standard InChI is InChI=1S/C15H18N4O3/c1-11(2)18(13-6-4-12(3)5-7-13)15(20)10-17-9-8-14(16-17)19(21)22/h4-9,11H,10H2,1-3H3. The minimum Gasteiger partial charge on any atom is -0.358 e. The van der Waals surface area contributed by atoms with Crippen molar-refractivity contribution < 1.29 is 9.72 Å². The molecule has 7 nitrogen and oxygen atoms in total. The van der Waals surface area contributed by atoms with Gasteiger partial charge in [-0.2, -0.15) is 4.68 Å². The van der Waals surface area contributed by atoms with Gasteiger partial charge >= 0.3 is 5.82 Å². The van der Waals surface area contributed by atoms with Gasteiger partial charge in [-0.3, -0.25) is 4.79 Å². The number of rotatable bonds is 5. The molecular formula is C15H18N4O3. The van der Waals surface area contributed by atoms with E-state index in [4.69, 9.17) is 0 Å². The lowest BCUT2D eigenvalue weighted by atomic mass is 10.2. The number of benzene rings is 1. The van der Waals surface area contributed by atoms with E-state index in [1.807, 2.05) is 45.0 Å². The number of aromatic nitrogens is 2. The average molecular weight is 302 g/mol. The molecule has 0 N–H and O–H groups in total. The zero-order chi connectivity index (χ0) is 16.3. The van der Waals surface area contributed by atoms with Gasteiger partial charge in [0, 0.05) is 11.7 Å². The van der Waals surface area contributed by atoms with Crippen LogP contribution in [0.3, 0.4) is 0 Å². The Morgan fingerprint density at radius 1 is 1.32 bits per heavy atom. The summed E-state index contributed by atoms with van der Waals surface area (Å²) in [5.74, 6) is -0.434. The summed E-state index contributed by atoms with van der Waals surface area (Å²) in [4.78, 5) is 24.2.